The lowest BCUT2D eigenvalue weighted by molar-refractivity contribution is 0.0922. The molecule has 1 amide bonds. The van der Waals surface area contributed by atoms with Crippen LogP contribution >= 0.6 is 0 Å². The highest BCUT2D eigenvalue weighted by atomic mass is 32.2. The maximum absolute atomic E-state index is 12.5. The van der Waals surface area contributed by atoms with Gasteiger partial charge in [0, 0.05) is 30.4 Å². The number of benzene rings is 2. The van der Waals surface area contributed by atoms with E-state index in [0.29, 0.717) is 29.8 Å². The lowest BCUT2D eigenvalue weighted by Crippen LogP contribution is -2.43. The van der Waals surface area contributed by atoms with Crippen LogP contribution in [-0.4, -0.2) is 44.9 Å². The van der Waals surface area contributed by atoms with E-state index in [-0.39, 0.29) is 5.91 Å². The Hall–Kier alpha value is -2.64. The second-order valence-corrected chi connectivity index (χ2v) is 9.81. The van der Waals surface area contributed by atoms with E-state index in [0.717, 1.165) is 36.9 Å². The molecule has 31 heavy (non-hydrogen) atoms. The van der Waals surface area contributed by atoms with Gasteiger partial charge in [0.15, 0.2) is 0 Å². The van der Waals surface area contributed by atoms with E-state index >= 15 is 0 Å². The topological polar surface area (TPSA) is 78.5 Å². The van der Waals surface area contributed by atoms with E-state index in [9.17, 15) is 13.2 Å². The van der Waals surface area contributed by atoms with Crippen LogP contribution in [0.25, 0.3) is 6.08 Å². The number of rotatable bonds is 8. The van der Waals surface area contributed by atoms with Crippen molar-refractivity contribution in [1.29, 1.82) is 0 Å². The highest BCUT2D eigenvalue weighted by Crippen LogP contribution is 2.18. The molecule has 2 aromatic carbocycles. The molecule has 0 radical (unpaired) electrons. The average Bonchev–Trinajstić information content (AvgIpc) is 2.77. The lowest BCUT2D eigenvalue weighted by Gasteiger charge is -2.35. The van der Waals surface area contributed by atoms with Gasteiger partial charge >= 0.3 is 0 Å². The molecule has 2 aromatic rings. The van der Waals surface area contributed by atoms with Crippen molar-refractivity contribution in [2.45, 2.75) is 32.7 Å². The van der Waals surface area contributed by atoms with E-state index < -0.39 is 10.0 Å². The fourth-order valence-electron chi connectivity index (χ4n) is 3.69. The van der Waals surface area contributed by atoms with Crippen LogP contribution in [0.1, 0.15) is 42.6 Å². The number of anilines is 1. The van der Waals surface area contributed by atoms with Gasteiger partial charge in [-0.1, -0.05) is 30.3 Å². The van der Waals surface area contributed by atoms with Crippen LogP contribution < -0.4 is 10.0 Å². The highest BCUT2D eigenvalue weighted by Gasteiger charge is 2.22. The van der Waals surface area contributed by atoms with Gasteiger partial charge in [0.05, 0.1) is 5.41 Å². The molecule has 1 aliphatic rings. The van der Waals surface area contributed by atoms with E-state index in [2.05, 4.69) is 28.8 Å². The van der Waals surface area contributed by atoms with E-state index in [1.54, 1.807) is 24.3 Å². The van der Waals surface area contributed by atoms with Crippen molar-refractivity contribution in [2.75, 3.05) is 24.4 Å². The summed E-state index contributed by atoms with van der Waals surface area (Å²) in [5.74, 6) is 0.322. The molecule has 2 N–H and O–H groups in total. The van der Waals surface area contributed by atoms with Crippen molar-refractivity contribution in [1.82, 2.24) is 10.2 Å². The largest absolute Gasteiger partial charge is 0.352 e. The van der Waals surface area contributed by atoms with Crippen LogP contribution in [0.15, 0.2) is 60.0 Å². The third kappa shape index (κ3) is 7.22. The molecule has 1 unspecified atom stereocenters. The molecule has 0 aromatic heterocycles. The zero-order valence-corrected chi connectivity index (χ0v) is 18.9. The van der Waals surface area contributed by atoms with Crippen molar-refractivity contribution in [3.05, 3.63) is 71.1 Å². The molecule has 0 aliphatic carbocycles. The van der Waals surface area contributed by atoms with Gasteiger partial charge in [-0.2, -0.15) is 0 Å². The fraction of sp³-hybridized carbons (Fsp3) is 0.375. The maximum Gasteiger partial charge on any atom is 0.255 e. The average molecular weight is 442 g/mol. The maximum atomic E-state index is 12.5. The molecule has 1 aliphatic heterocycles. The number of likely N-dealkylation sites (tertiary alicyclic amines) is 1. The summed E-state index contributed by atoms with van der Waals surface area (Å²) in [5, 5.41) is 4.15. The number of carbonyl (C=O) groups is 1. The molecular weight excluding hydrogens is 410 g/mol. The smallest absolute Gasteiger partial charge is 0.255 e. The zero-order chi connectivity index (χ0) is 22.3. The Bertz CT molecular complexity index is 986. The van der Waals surface area contributed by atoms with Gasteiger partial charge in [-0.15, -0.1) is 0 Å². The minimum absolute atomic E-state index is 0.139. The second-order valence-electron chi connectivity index (χ2n) is 8.24. The molecule has 1 fully saturated rings. The quantitative estimate of drug-likeness (QED) is 0.650. The van der Waals surface area contributed by atoms with Gasteiger partial charge in [-0.3, -0.25) is 9.52 Å². The number of carbonyl (C=O) groups excluding carboxylic acids is 1. The SMILES string of the molecule is CC(C)N1CCCC(CNC(=O)c2ccc(NS(=O)(=O)/C=C/c3ccccc3)cc2)C1. The molecule has 0 saturated carbocycles. The minimum atomic E-state index is -3.64. The van der Waals surface area contributed by atoms with Crippen LogP contribution in [-0.2, 0) is 10.0 Å². The van der Waals surface area contributed by atoms with Gasteiger partial charge in [0.25, 0.3) is 15.9 Å². The van der Waals surface area contributed by atoms with Crippen LogP contribution in [0.2, 0.25) is 0 Å². The Morgan fingerprint density at radius 1 is 1.13 bits per heavy atom. The summed E-state index contributed by atoms with van der Waals surface area (Å²) in [7, 11) is -3.64. The Morgan fingerprint density at radius 3 is 2.52 bits per heavy atom. The highest BCUT2D eigenvalue weighted by molar-refractivity contribution is 7.95. The number of nitrogens with one attached hydrogen (secondary N) is 2. The molecule has 3 rings (SSSR count). The molecule has 1 saturated heterocycles. The van der Waals surface area contributed by atoms with Gasteiger partial charge in [-0.05, 0) is 75.1 Å². The number of hydrogen-bond donors (Lipinski definition) is 2. The zero-order valence-electron chi connectivity index (χ0n) is 18.1. The lowest BCUT2D eigenvalue weighted by atomic mass is 9.97. The normalized spacial score (nSPS) is 17.7. The standard InChI is InChI=1S/C24H31N3O3S/c1-19(2)27-15-6-9-21(18-27)17-25-24(28)22-10-12-23(13-11-22)26-31(29,30)16-14-20-7-4-3-5-8-20/h3-5,7-8,10-14,16,19,21,26H,6,9,15,17-18H2,1-2H3,(H,25,28)/b16-14+. The summed E-state index contributed by atoms with van der Waals surface area (Å²) >= 11 is 0. The van der Waals surface area contributed by atoms with Crippen molar-refractivity contribution in [3.63, 3.8) is 0 Å². The summed E-state index contributed by atoms with van der Waals surface area (Å²) in [6.07, 6.45) is 3.82. The molecule has 166 valence electrons. The van der Waals surface area contributed by atoms with Crippen molar-refractivity contribution >= 4 is 27.7 Å². The Balaban J connectivity index is 1.52. The molecular formula is C24H31N3O3S. The van der Waals surface area contributed by atoms with Crippen molar-refractivity contribution in [2.24, 2.45) is 5.92 Å². The van der Waals surface area contributed by atoms with E-state index in [4.69, 9.17) is 0 Å². The predicted molar refractivity (Wildman–Crippen MR) is 126 cm³/mol. The Kier molecular flexibility index (Phi) is 7.87. The number of sulfonamides is 1. The van der Waals surface area contributed by atoms with Crippen molar-refractivity contribution in [3.8, 4) is 0 Å². The molecule has 0 bridgehead atoms. The van der Waals surface area contributed by atoms with E-state index in [1.165, 1.54) is 6.08 Å². The number of hydrogen-bond acceptors (Lipinski definition) is 4. The van der Waals surface area contributed by atoms with E-state index in [1.807, 2.05) is 30.3 Å². The van der Waals surface area contributed by atoms with Gasteiger partial charge in [0.1, 0.15) is 0 Å². The third-order valence-corrected chi connectivity index (χ3v) is 6.49. The van der Waals surface area contributed by atoms with Gasteiger partial charge < -0.3 is 10.2 Å². The number of nitrogens with zero attached hydrogens (tertiary/aromatic N) is 1. The van der Waals surface area contributed by atoms with Crippen LogP contribution in [0.3, 0.4) is 0 Å². The molecule has 6 nitrogen and oxygen atoms in total. The monoisotopic (exact) mass is 441 g/mol. The summed E-state index contributed by atoms with van der Waals surface area (Å²) in [6, 6.07) is 16.2. The first-order chi connectivity index (χ1) is 14.8. The molecule has 7 heteroatoms. The van der Waals surface area contributed by atoms with Gasteiger partial charge in [-0.25, -0.2) is 8.42 Å². The first-order valence-corrected chi connectivity index (χ1v) is 12.3. The summed E-state index contributed by atoms with van der Waals surface area (Å²) in [4.78, 5) is 14.9. The van der Waals surface area contributed by atoms with Crippen LogP contribution in [0.4, 0.5) is 5.69 Å². The predicted octanol–water partition coefficient (Wildman–Crippen LogP) is 3.95. The molecule has 1 atom stereocenters. The molecule has 1 heterocycles. The number of piperidine rings is 1. The fourth-order valence-corrected chi connectivity index (χ4v) is 4.56. The van der Waals surface area contributed by atoms with Crippen molar-refractivity contribution < 1.29 is 13.2 Å². The third-order valence-electron chi connectivity index (χ3n) is 5.48. The van der Waals surface area contributed by atoms with Gasteiger partial charge in [0.2, 0.25) is 0 Å². The number of amides is 1. The Morgan fingerprint density at radius 2 is 1.84 bits per heavy atom. The minimum Gasteiger partial charge on any atom is -0.352 e. The first kappa shape index (κ1) is 23.0. The Labute approximate surface area is 185 Å². The van der Waals surface area contributed by atoms with Crippen LogP contribution in [0, 0.1) is 5.92 Å². The van der Waals surface area contributed by atoms with Crippen LogP contribution in [0.5, 0.6) is 0 Å². The molecule has 0 spiro atoms. The summed E-state index contributed by atoms with van der Waals surface area (Å²) in [5.41, 5.74) is 1.72. The first-order valence-electron chi connectivity index (χ1n) is 10.7. The second kappa shape index (κ2) is 10.6. The summed E-state index contributed by atoms with van der Waals surface area (Å²) < 4.78 is 27.0. The summed E-state index contributed by atoms with van der Waals surface area (Å²) in [6.45, 7) is 7.19.